The second kappa shape index (κ2) is 3.97. The molecular weight excluding hydrogens is 186 g/mol. The van der Waals surface area contributed by atoms with Gasteiger partial charge in [-0.25, -0.2) is 0 Å². The highest BCUT2D eigenvalue weighted by molar-refractivity contribution is 7.09. The fourth-order valence-electron chi connectivity index (χ4n) is 1.61. The highest BCUT2D eigenvalue weighted by atomic mass is 32.1. The van der Waals surface area contributed by atoms with Crippen molar-refractivity contribution in [1.82, 2.24) is 20.1 Å². The summed E-state index contributed by atoms with van der Waals surface area (Å²) >= 11 is 1.37. The molecule has 6 heteroatoms. The molecule has 1 saturated heterocycles. The Morgan fingerprint density at radius 1 is 1.46 bits per heavy atom. The van der Waals surface area contributed by atoms with Crippen molar-refractivity contribution in [2.75, 3.05) is 25.0 Å². The molecule has 0 radical (unpaired) electrons. The molecule has 1 aromatic rings. The van der Waals surface area contributed by atoms with Crippen molar-refractivity contribution in [1.29, 1.82) is 0 Å². The van der Waals surface area contributed by atoms with Gasteiger partial charge in [-0.15, -0.1) is 0 Å². The van der Waals surface area contributed by atoms with Crippen LogP contribution in [0.5, 0.6) is 0 Å². The van der Waals surface area contributed by atoms with Crippen molar-refractivity contribution in [3.63, 3.8) is 0 Å². The molecule has 0 saturated carbocycles. The summed E-state index contributed by atoms with van der Waals surface area (Å²) in [6, 6.07) is 0.664. The van der Waals surface area contributed by atoms with Gasteiger partial charge in [-0.1, -0.05) is 9.59 Å². The van der Waals surface area contributed by atoms with Crippen LogP contribution in [0.2, 0.25) is 0 Å². The average molecular weight is 199 g/mol. The first-order chi connectivity index (χ1) is 6.40. The van der Waals surface area contributed by atoms with E-state index in [4.69, 9.17) is 0 Å². The molecule has 2 rings (SSSR count). The van der Waals surface area contributed by atoms with E-state index in [2.05, 4.69) is 25.0 Å². The maximum atomic E-state index is 3.95. The van der Waals surface area contributed by atoms with Crippen LogP contribution in [0.1, 0.15) is 12.8 Å². The zero-order chi connectivity index (χ0) is 9.10. The number of piperidine rings is 1. The number of hydrogen-bond acceptors (Lipinski definition) is 6. The van der Waals surface area contributed by atoms with Crippen LogP contribution in [0, 0.1) is 0 Å². The summed E-state index contributed by atoms with van der Waals surface area (Å²) in [5.74, 6) is 0. The lowest BCUT2D eigenvalue weighted by Gasteiger charge is -2.30. The molecule has 0 unspecified atom stereocenters. The Morgan fingerprint density at radius 3 is 2.77 bits per heavy atom. The lowest BCUT2D eigenvalue weighted by atomic mass is 10.1. The Kier molecular flexibility index (Phi) is 2.70. The minimum absolute atomic E-state index is 0.664. The topological polar surface area (TPSA) is 53.9 Å². The predicted octanol–water partition coefficient (Wildman–Crippen LogP) is 0.121. The van der Waals surface area contributed by atoms with Gasteiger partial charge < -0.3 is 10.2 Å². The SMILES string of the molecule is CNC1CCN(c2nnns2)CC1. The quantitative estimate of drug-likeness (QED) is 0.733. The first-order valence-electron chi connectivity index (χ1n) is 4.47. The van der Waals surface area contributed by atoms with Crippen LogP contribution >= 0.6 is 11.5 Å². The van der Waals surface area contributed by atoms with Crippen LogP contribution in [0.4, 0.5) is 5.13 Å². The van der Waals surface area contributed by atoms with Gasteiger partial charge in [0.25, 0.3) is 0 Å². The van der Waals surface area contributed by atoms with E-state index in [1.807, 2.05) is 7.05 Å². The van der Waals surface area contributed by atoms with Crippen molar-refractivity contribution < 1.29 is 0 Å². The first-order valence-corrected chi connectivity index (χ1v) is 5.24. The largest absolute Gasteiger partial charge is 0.345 e. The summed E-state index contributed by atoms with van der Waals surface area (Å²) in [5.41, 5.74) is 0. The Hall–Kier alpha value is -0.750. The van der Waals surface area contributed by atoms with E-state index in [0.29, 0.717) is 6.04 Å². The van der Waals surface area contributed by atoms with Crippen LogP contribution in [0.3, 0.4) is 0 Å². The third kappa shape index (κ3) is 1.94. The molecule has 1 N–H and O–H groups in total. The summed E-state index contributed by atoms with van der Waals surface area (Å²) in [4.78, 5) is 2.25. The standard InChI is InChI=1S/C7H13N5S/c1-8-6-2-4-12(5-3-6)7-9-10-11-13-7/h6,8H,2-5H2,1H3. The third-order valence-electron chi connectivity index (χ3n) is 2.46. The van der Waals surface area contributed by atoms with Gasteiger partial charge in [0, 0.05) is 30.7 Å². The number of anilines is 1. The Balaban J connectivity index is 1.92. The second-order valence-electron chi connectivity index (χ2n) is 3.19. The molecule has 0 amide bonds. The zero-order valence-corrected chi connectivity index (χ0v) is 8.42. The van der Waals surface area contributed by atoms with Gasteiger partial charge in [-0.2, -0.15) is 0 Å². The normalized spacial score (nSPS) is 19.3. The zero-order valence-electron chi connectivity index (χ0n) is 7.60. The third-order valence-corrected chi connectivity index (χ3v) is 3.12. The summed E-state index contributed by atoms with van der Waals surface area (Å²) in [5, 5.41) is 11.8. The second-order valence-corrected chi connectivity index (χ2v) is 3.91. The Morgan fingerprint density at radius 2 is 2.23 bits per heavy atom. The molecule has 0 bridgehead atoms. The molecule has 1 aliphatic heterocycles. The molecule has 5 nitrogen and oxygen atoms in total. The van der Waals surface area contributed by atoms with E-state index >= 15 is 0 Å². The highest BCUT2D eigenvalue weighted by Gasteiger charge is 2.19. The molecule has 0 spiro atoms. The van der Waals surface area contributed by atoms with Crippen molar-refractivity contribution in [2.24, 2.45) is 0 Å². The number of hydrogen-bond donors (Lipinski definition) is 1. The molecule has 1 aromatic heterocycles. The van der Waals surface area contributed by atoms with Crippen LogP contribution in [0.25, 0.3) is 0 Å². The molecular formula is C7H13N5S. The van der Waals surface area contributed by atoms with Gasteiger partial charge in [0.15, 0.2) is 0 Å². The summed E-state index contributed by atoms with van der Waals surface area (Å²) in [6.07, 6.45) is 2.35. The fraction of sp³-hybridized carbons (Fsp3) is 0.857. The molecule has 13 heavy (non-hydrogen) atoms. The van der Waals surface area contributed by atoms with Gasteiger partial charge >= 0.3 is 0 Å². The van der Waals surface area contributed by atoms with E-state index in [9.17, 15) is 0 Å². The smallest absolute Gasteiger partial charge is 0.227 e. The Bertz CT molecular complexity index is 241. The first kappa shape index (κ1) is 8.83. The van der Waals surface area contributed by atoms with Gasteiger partial charge in [-0.3, -0.25) is 0 Å². The number of nitrogens with one attached hydrogen (secondary N) is 1. The van der Waals surface area contributed by atoms with Crippen LogP contribution in [0.15, 0.2) is 0 Å². The maximum absolute atomic E-state index is 3.95. The summed E-state index contributed by atoms with van der Waals surface area (Å²) < 4.78 is 3.76. The fourth-order valence-corrected chi connectivity index (χ4v) is 2.13. The average Bonchev–Trinajstić information content (AvgIpc) is 2.71. The highest BCUT2D eigenvalue weighted by Crippen LogP contribution is 2.19. The minimum atomic E-state index is 0.664. The number of nitrogens with zero attached hydrogens (tertiary/aromatic N) is 4. The summed E-state index contributed by atoms with van der Waals surface area (Å²) in [7, 11) is 2.02. The number of aromatic nitrogens is 3. The van der Waals surface area contributed by atoms with Crippen molar-refractivity contribution in [3.8, 4) is 0 Å². The summed E-state index contributed by atoms with van der Waals surface area (Å²) in [6.45, 7) is 2.12. The van der Waals surface area contributed by atoms with Gasteiger partial charge in [0.2, 0.25) is 5.13 Å². The molecule has 1 fully saturated rings. The number of rotatable bonds is 2. The molecule has 0 atom stereocenters. The monoisotopic (exact) mass is 199 g/mol. The van der Waals surface area contributed by atoms with Crippen LogP contribution in [-0.2, 0) is 0 Å². The molecule has 2 heterocycles. The van der Waals surface area contributed by atoms with E-state index < -0.39 is 0 Å². The Labute approximate surface area is 81.3 Å². The van der Waals surface area contributed by atoms with Crippen LogP contribution < -0.4 is 10.2 Å². The lowest BCUT2D eigenvalue weighted by molar-refractivity contribution is 0.441. The maximum Gasteiger partial charge on any atom is 0.227 e. The molecule has 72 valence electrons. The van der Waals surface area contributed by atoms with E-state index in [-0.39, 0.29) is 0 Å². The van der Waals surface area contributed by atoms with E-state index in [0.717, 1.165) is 18.2 Å². The van der Waals surface area contributed by atoms with Crippen molar-refractivity contribution >= 4 is 16.7 Å². The lowest BCUT2D eigenvalue weighted by Crippen LogP contribution is -2.41. The van der Waals surface area contributed by atoms with Gasteiger partial charge in [-0.05, 0) is 25.1 Å². The van der Waals surface area contributed by atoms with Gasteiger partial charge in [0.05, 0.1) is 0 Å². The molecule has 1 aliphatic rings. The predicted molar refractivity (Wildman–Crippen MR) is 52.0 cm³/mol. The van der Waals surface area contributed by atoms with Crippen LogP contribution in [-0.4, -0.2) is 41.0 Å². The van der Waals surface area contributed by atoms with Gasteiger partial charge in [0.1, 0.15) is 0 Å². The minimum Gasteiger partial charge on any atom is -0.345 e. The van der Waals surface area contributed by atoms with Crippen molar-refractivity contribution in [2.45, 2.75) is 18.9 Å². The molecule has 0 aliphatic carbocycles. The van der Waals surface area contributed by atoms with E-state index in [1.165, 1.54) is 24.4 Å². The van der Waals surface area contributed by atoms with Crippen molar-refractivity contribution in [3.05, 3.63) is 0 Å². The molecule has 0 aromatic carbocycles. The van der Waals surface area contributed by atoms with E-state index in [1.54, 1.807) is 0 Å².